The van der Waals surface area contributed by atoms with Crippen LogP contribution in [0.2, 0.25) is 0 Å². The smallest absolute Gasteiger partial charge is 0.233 e. The molecular formula is C20H27N3O3S2. The Morgan fingerprint density at radius 1 is 1.14 bits per heavy atom. The van der Waals surface area contributed by atoms with Crippen molar-refractivity contribution >= 4 is 29.0 Å². The number of hydrogen-bond acceptors (Lipinski definition) is 7. The highest BCUT2D eigenvalue weighted by atomic mass is 32.2. The lowest BCUT2D eigenvalue weighted by Gasteiger charge is -2.35. The van der Waals surface area contributed by atoms with Gasteiger partial charge in [-0.05, 0) is 37.1 Å². The molecule has 1 saturated heterocycles. The molecule has 0 saturated carbocycles. The Hall–Kier alpha value is -1.77. The molecule has 1 aliphatic heterocycles. The van der Waals surface area contributed by atoms with Gasteiger partial charge in [-0.15, -0.1) is 11.3 Å². The van der Waals surface area contributed by atoms with E-state index in [9.17, 15) is 4.79 Å². The van der Waals surface area contributed by atoms with Crippen LogP contribution < -0.4 is 9.47 Å². The van der Waals surface area contributed by atoms with Crippen molar-refractivity contribution in [3.63, 3.8) is 0 Å². The summed E-state index contributed by atoms with van der Waals surface area (Å²) in [5.74, 6) is 2.17. The zero-order valence-corrected chi connectivity index (χ0v) is 18.5. The van der Waals surface area contributed by atoms with Crippen LogP contribution in [0.5, 0.6) is 11.5 Å². The number of amides is 1. The van der Waals surface area contributed by atoms with Gasteiger partial charge in [-0.3, -0.25) is 9.69 Å². The number of thiazole rings is 1. The minimum Gasteiger partial charge on any atom is -0.493 e. The van der Waals surface area contributed by atoms with Crippen LogP contribution in [-0.2, 0) is 11.3 Å². The number of carbonyl (C=O) groups excluding carboxylic acids is 1. The van der Waals surface area contributed by atoms with Crippen LogP contribution in [0.25, 0.3) is 0 Å². The predicted molar refractivity (Wildman–Crippen MR) is 114 cm³/mol. The Labute approximate surface area is 174 Å². The molecule has 1 amide bonds. The van der Waals surface area contributed by atoms with Crippen LogP contribution in [0.4, 0.5) is 0 Å². The fraction of sp³-hybridized carbons (Fsp3) is 0.500. The fourth-order valence-electron chi connectivity index (χ4n) is 3.20. The quantitative estimate of drug-likeness (QED) is 0.640. The molecule has 0 unspecified atom stereocenters. The molecule has 0 atom stereocenters. The van der Waals surface area contributed by atoms with Gasteiger partial charge in [-0.25, -0.2) is 4.98 Å². The van der Waals surface area contributed by atoms with Crippen LogP contribution in [0, 0.1) is 13.8 Å². The summed E-state index contributed by atoms with van der Waals surface area (Å²) in [5.41, 5.74) is 3.43. The Morgan fingerprint density at radius 2 is 1.82 bits per heavy atom. The molecule has 2 aromatic rings. The number of methoxy groups -OCH3 is 2. The van der Waals surface area contributed by atoms with Gasteiger partial charge in [0.2, 0.25) is 5.91 Å². The number of ether oxygens (including phenoxy) is 2. The van der Waals surface area contributed by atoms with Crippen molar-refractivity contribution in [2.75, 3.05) is 46.2 Å². The number of nitrogens with zero attached hydrogens (tertiary/aromatic N) is 3. The summed E-state index contributed by atoms with van der Waals surface area (Å²) in [6.45, 7) is 8.20. The first-order valence-corrected chi connectivity index (χ1v) is 11.1. The molecular weight excluding hydrogens is 394 g/mol. The van der Waals surface area contributed by atoms with Crippen molar-refractivity contribution < 1.29 is 14.3 Å². The summed E-state index contributed by atoms with van der Waals surface area (Å²) in [7, 11) is 3.31. The number of hydrogen-bond donors (Lipinski definition) is 0. The lowest BCUT2D eigenvalue weighted by atomic mass is 10.1. The zero-order chi connectivity index (χ0) is 20.1. The molecule has 0 spiro atoms. The molecule has 2 heterocycles. The Morgan fingerprint density at radius 3 is 2.43 bits per heavy atom. The predicted octanol–water partition coefficient (Wildman–Crippen LogP) is 3.21. The van der Waals surface area contributed by atoms with E-state index in [-0.39, 0.29) is 5.91 Å². The molecule has 8 heteroatoms. The molecule has 0 radical (unpaired) electrons. The van der Waals surface area contributed by atoms with E-state index in [0.29, 0.717) is 5.75 Å². The maximum Gasteiger partial charge on any atom is 0.233 e. The summed E-state index contributed by atoms with van der Waals surface area (Å²) >= 11 is 3.13. The maximum absolute atomic E-state index is 12.5. The number of piperazine rings is 1. The third-order valence-electron chi connectivity index (χ3n) is 4.88. The van der Waals surface area contributed by atoms with Gasteiger partial charge >= 0.3 is 0 Å². The topological polar surface area (TPSA) is 54.9 Å². The fourth-order valence-corrected chi connectivity index (χ4v) is 4.95. The lowest BCUT2D eigenvalue weighted by Crippen LogP contribution is -2.48. The molecule has 1 fully saturated rings. The van der Waals surface area contributed by atoms with Crippen LogP contribution in [0.1, 0.15) is 16.8 Å². The van der Waals surface area contributed by atoms with Crippen LogP contribution >= 0.6 is 23.1 Å². The Kier molecular flexibility index (Phi) is 7.20. The van der Waals surface area contributed by atoms with E-state index in [1.807, 2.05) is 23.3 Å². The van der Waals surface area contributed by atoms with Gasteiger partial charge in [-0.1, -0.05) is 11.8 Å². The summed E-state index contributed by atoms with van der Waals surface area (Å²) in [6.07, 6.45) is 0. The molecule has 0 N–H and O–H groups in total. The normalized spacial score (nSPS) is 14.9. The van der Waals surface area contributed by atoms with Gasteiger partial charge in [-0.2, -0.15) is 0 Å². The minimum absolute atomic E-state index is 0.194. The summed E-state index contributed by atoms with van der Waals surface area (Å²) in [4.78, 5) is 21.2. The number of aromatic nitrogens is 1. The second-order valence-electron chi connectivity index (χ2n) is 6.83. The van der Waals surface area contributed by atoms with Gasteiger partial charge in [0.15, 0.2) is 15.8 Å². The largest absolute Gasteiger partial charge is 0.493 e. The molecule has 152 valence electrons. The standard InChI is InChI=1S/C20H27N3O3S2/c1-14-9-17(25-3)18(26-4)10-16(14)11-22-5-7-23(8-6-22)19(24)13-28-20-21-15(2)12-27-20/h9-10,12H,5-8,11,13H2,1-4H3. The molecule has 0 aliphatic carbocycles. The summed E-state index contributed by atoms with van der Waals surface area (Å²) in [5, 5.41) is 2.02. The SMILES string of the molecule is COc1cc(C)c(CN2CCN(C(=O)CSc3nc(C)cs3)CC2)cc1OC. The van der Waals surface area contributed by atoms with Crippen molar-refractivity contribution in [1.82, 2.24) is 14.8 Å². The number of benzene rings is 1. The van der Waals surface area contributed by atoms with Crippen molar-refractivity contribution in [3.8, 4) is 11.5 Å². The minimum atomic E-state index is 0.194. The van der Waals surface area contributed by atoms with E-state index in [0.717, 1.165) is 54.3 Å². The average molecular weight is 422 g/mol. The first-order valence-electron chi connectivity index (χ1n) is 9.26. The highest BCUT2D eigenvalue weighted by Gasteiger charge is 2.22. The molecule has 3 rings (SSSR count). The third kappa shape index (κ3) is 5.18. The summed E-state index contributed by atoms with van der Waals surface area (Å²) in [6, 6.07) is 4.07. The average Bonchev–Trinajstić information content (AvgIpc) is 3.13. The molecule has 1 aromatic heterocycles. The number of rotatable bonds is 7. The number of aryl methyl sites for hydroxylation is 2. The highest BCUT2D eigenvalue weighted by Crippen LogP contribution is 2.31. The highest BCUT2D eigenvalue weighted by molar-refractivity contribution is 8.01. The van der Waals surface area contributed by atoms with E-state index >= 15 is 0 Å². The van der Waals surface area contributed by atoms with E-state index in [4.69, 9.17) is 9.47 Å². The number of carbonyl (C=O) groups is 1. The van der Waals surface area contributed by atoms with E-state index in [1.54, 1.807) is 25.6 Å². The van der Waals surface area contributed by atoms with E-state index in [2.05, 4.69) is 22.9 Å². The van der Waals surface area contributed by atoms with E-state index < -0.39 is 0 Å². The molecule has 1 aromatic carbocycles. The second-order valence-corrected chi connectivity index (χ2v) is 8.91. The molecule has 0 bridgehead atoms. The second kappa shape index (κ2) is 9.62. The van der Waals surface area contributed by atoms with Crippen molar-refractivity contribution in [2.24, 2.45) is 0 Å². The summed E-state index contributed by atoms with van der Waals surface area (Å²) < 4.78 is 11.8. The van der Waals surface area contributed by atoms with Gasteiger partial charge in [0.05, 0.1) is 20.0 Å². The van der Waals surface area contributed by atoms with Crippen LogP contribution in [0.15, 0.2) is 21.9 Å². The van der Waals surface area contributed by atoms with Crippen molar-refractivity contribution in [1.29, 1.82) is 0 Å². The van der Waals surface area contributed by atoms with Gasteiger partial charge in [0.1, 0.15) is 0 Å². The first kappa shape index (κ1) is 21.0. The first-order chi connectivity index (χ1) is 13.5. The van der Waals surface area contributed by atoms with Gasteiger partial charge < -0.3 is 14.4 Å². The van der Waals surface area contributed by atoms with Crippen LogP contribution in [0.3, 0.4) is 0 Å². The van der Waals surface area contributed by atoms with Gasteiger partial charge in [0.25, 0.3) is 0 Å². The molecule has 1 aliphatic rings. The molecule has 28 heavy (non-hydrogen) atoms. The Balaban J connectivity index is 1.50. The zero-order valence-electron chi connectivity index (χ0n) is 16.9. The Bertz CT molecular complexity index is 817. The third-order valence-corrected chi connectivity index (χ3v) is 7.00. The lowest BCUT2D eigenvalue weighted by molar-refractivity contribution is -0.130. The monoisotopic (exact) mass is 421 g/mol. The van der Waals surface area contributed by atoms with Crippen molar-refractivity contribution in [3.05, 3.63) is 34.3 Å². The number of thioether (sulfide) groups is 1. The van der Waals surface area contributed by atoms with Crippen LogP contribution in [-0.4, -0.2) is 66.8 Å². The van der Waals surface area contributed by atoms with Crippen molar-refractivity contribution in [2.45, 2.75) is 24.7 Å². The van der Waals surface area contributed by atoms with E-state index in [1.165, 1.54) is 22.9 Å². The molecule has 6 nitrogen and oxygen atoms in total. The van der Waals surface area contributed by atoms with Gasteiger partial charge in [0, 0.05) is 43.8 Å². The maximum atomic E-state index is 12.5.